The summed E-state index contributed by atoms with van der Waals surface area (Å²) in [5, 5.41) is 0. The molecule has 0 saturated carbocycles. The molecule has 108 valence electrons. The van der Waals surface area contributed by atoms with E-state index in [4.69, 9.17) is 10.5 Å². The number of ether oxygens (including phenoxy) is 1. The first-order valence-electron chi connectivity index (χ1n) is 6.57. The second-order valence-electron chi connectivity index (χ2n) is 5.21. The number of rotatable bonds is 9. The van der Waals surface area contributed by atoms with Gasteiger partial charge in [0, 0.05) is 20.2 Å². The Hall–Kier alpha value is -0.650. The Labute approximate surface area is 111 Å². The molecule has 0 rings (SSSR count). The van der Waals surface area contributed by atoms with E-state index in [0.29, 0.717) is 19.6 Å². The monoisotopic (exact) mass is 259 g/mol. The van der Waals surface area contributed by atoms with Crippen molar-refractivity contribution in [3.8, 4) is 0 Å². The van der Waals surface area contributed by atoms with Crippen molar-refractivity contribution in [1.29, 1.82) is 0 Å². The zero-order valence-corrected chi connectivity index (χ0v) is 12.5. The second-order valence-corrected chi connectivity index (χ2v) is 5.21. The van der Waals surface area contributed by atoms with Crippen LogP contribution in [0.25, 0.3) is 0 Å². The molecule has 0 aromatic heterocycles. The number of nitrogens with zero attached hydrogens (tertiary/aromatic N) is 2. The molecule has 18 heavy (non-hydrogen) atoms. The number of methoxy groups -OCH3 is 1. The SMILES string of the molecule is CCC(C)(N)C(=O)N(CCCN(C)C)CCOC. The molecular weight excluding hydrogens is 230 g/mol. The molecule has 1 unspecified atom stereocenters. The van der Waals surface area contributed by atoms with Crippen LogP contribution in [0.2, 0.25) is 0 Å². The Morgan fingerprint density at radius 3 is 2.33 bits per heavy atom. The molecule has 0 heterocycles. The molecule has 0 aromatic rings. The van der Waals surface area contributed by atoms with Crippen molar-refractivity contribution in [2.75, 3.05) is 47.4 Å². The van der Waals surface area contributed by atoms with Crippen molar-refractivity contribution in [3.05, 3.63) is 0 Å². The van der Waals surface area contributed by atoms with Crippen LogP contribution in [0.15, 0.2) is 0 Å². The summed E-state index contributed by atoms with van der Waals surface area (Å²) >= 11 is 0. The van der Waals surface area contributed by atoms with Gasteiger partial charge in [-0.15, -0.1) is 0 Å². The third-order valence-corrected chi connectivity index (χ3v) is 3.11. The van der Waals surface area contributed by atoms with Gasteiger partial charge in [0.15, 0.2) is 0 Å². The van der Waals surface area contributed by atoms with Crippen molar-refractivity contribution >= 4 is 5.91 Å². The van der Waals surface area contributed by atoms with Gasteiger partial charge in [0.05, 0.1) is 12.1 Å². The van der Waals surface area contributed by atoms with E-state index in [1.54, 1.807) is 14.0 Å². The summed E-state index contributed by atoms with van der Waals surface area (Å²) < 4.78 is 5.05. The highest BCUT2D eigenvalue weighted by Crippen LogP contribution is 2.10. The van der Waals surface area contributed by atoms with E-state index in [-0.39, 0.29) is 5.91 Å². The predicted octanol–water partition coefficient (Wildman–Crippen LogP) is 0.541. The summed E-state index contributed by atoms with van der Waals surface area (Å²) in [7, 11) is 5.70. The molecule has 0 bridgehead atoms. The predicted molar refractivity (Wildman–Crippen MR) is 74.5 cm³/mol. The van der Waals surface area contributed by atoms with Gasteiger partial charge in [-0.05, 0) is 40.4 Å². The van der Waals surface area contributed by atoms with E-state index in [1.165, 1.54) is 0 Å². The average Bonchev–Trinajstić information content (AvgIpc) is 2.32. The summed E-state index contributed by atoms with van der Waals surface area (Å²) in [5.74, 6) is 0.0146. The van der Waals surface area contributed by atoms with Crippen LogP contribution in [0.3, 0.4) is 0 Å². The first-order chi connectivity index (χ1) is 8.35. The van der Waals surface area contributed by atoms with E-state index in [2.05, 4.69) is 4.90 Å². The quantitative estimate of drug-likeness (QED) is 0.656. The van der Waals surface area contributed by atoms with Crippen LogP contribution in [0.4, 0.5) is 0 Å². The minimum Gasteiger partial charge on any atom is -0.383 e. The van der Waals surface area contributed by atoms with Gasteiger partial charge in [-0.3, -0.25) is 4.79 Å². The average molecular weight is 259 g/mol. The van der Waals surface area contributed by atoms with Crippen LogP contribution in [0.1, 0.15) is 26.7 Å². The van der Waals surface area contributed by atoms with Crippen LogP contribution in [0, 0.1) is 0 Å². The zero-order chi connectivity index (χ0) is 14.2. The van der Waals surface area contributed by atoms with Gasteiger partial charge in [-0.2, -0.15) is 0 Å². The fourth-order valence-electron chi connectivity index (χ4n) is 1.61. The number of nitrogens with two attached hydrogens (primary N) is 1. The first kappa shape index (κ1) is 17.4. The van der Waals surface area contributed by atoms with Crippen molar-refractivity contribution in [2.45, 2.75) is 32.2 Å². The van der Waals surface area contributed by atoms with Crippen LogP contribution < -0.4 is 5.73 Å². The highest BCUT2D eigenvalue weighted by atomic mass is 16.5. The number of hydrogen-bond donors (Lipinski definition) is 1. The number of carbonyl (C=O) groups is 1. The Balaban J connectivity index is 4.42. The van der Waals surface area contributed by atoms with Crippen LogP contribution in [-0.2, 0) is 9.53 Å². The number of hydrogen-bond acceptors (Lipinski definition) is 4. The largest absolute Gasteiger partial charge is 0.383 e. The molecule has 0 aliphatic carbocycles. The lowest BCUT2D eigenvalue weighted by Crippen LogP contribution is -2.54. The van der Waals surface area contributed by atoms with Crippen LogP contribution in [0.5, 0.6) is 0 Å². The van der Waals surface area contributed by atoms with Gasteiger partial charge in [-0.25, -0.2) is 0 Å². The standard InChI is InChI=1S/C13H29N3O2/c1-6-13(2,14)12(17)16(10-11-18-5)9-7-8-15(3)4/h6-11,14H2,1-5H3. The third-order valence-electron chi connectivity index (χ3n) is 3.11. The Kier molecular flexibility index (Phi) is 8.15. The summed E-state index contributed by atoms with van der Waals surface area (Å²) in [5.41, 5.74) is 5.25. The topological polar surface area (TPSA) is 58.8 Å². The van der Waals surface area contributed by atoms with E-state index in [9.17, 15) is 4.79 Å². The Morgan fingerprint density at radius 1 is 1.28 bits per heavy atom. The summed E-state index contributed by atoms with van der Waals surface area (Å²) in [6, 6.07) is 0. The minimum absolute atomic E-state index is 0.0146. The van der Waals surface area contributed by atoms with E-state index in [1.807, 2.05) is 25.9 Å². The molecule has 0 saturated heterocycles. The second kappa shape index (κ2) is 8.45. The highest BCUT2D eigenvalue weighted by molar-refractivity contribution is 5.85. The smallest absolute Gasteiger partial charge is 0.242 e. The van der Waals surface area contributed by atoms with Gasteiger partial charge >= 0.3 is 0 Å². The summed E-state index contributed by atoms with van der Waals surface area (Å²) in [6.45, 7) is 6.58. The molecule has 0 aliphatic heterocycles. The number of amides is 1. The van der Waals surface area contributed by atoms with Crippen LogP contribution >= 0.6 is 0 Å². The molecule has 1 atom stereocenters. The number of carbonyl (C=O) groups excluding carboxylic acids is 1. The van der Waals surface area contributed by atoms with Gasteiger partial charge in [-0.1, -0.05) is 6.92 Å². The molecule has 2 N–H and O–H groups in total. The molecule has 0 aliphatic rings. The molecule has 0 spiro atoms. The van der Waals surface area contributed by atoms with E-state index in [0.717, 1.165) is 19.5 Å². The molecule has 1 amide bonds. The van der Waals surface area contributed by atoms with Crippen molar-refractivity contribution in [3.63, 3.8) is 0 Å². The van der Waals surface area contributed by atoms with E-state index >= 15 is 0 Å². The van der Waals surface area contributed by atoms with Gasteiger partial charge in [0.2, 0.25) is 5.91 Å². The molecule has 0 fully saturated rings. The summed E-state index contributed by atoms with van der Waals surface area (Å²) in [4.78, 5) is 16.2. The highest BCUT2D eigenvalue weighted by Gasteiger charge is 2.30. The molecule has 0 aromatic carbocycles. The Bertz CT molecular complexity index is 242. The van der Waals surface area contributed by atoms with Crippen molar-refractivity contribution in [2.24, 2.45) is 5.73 Å². The lowest BCUT2D eigenvalue weighted by Gasteiger charge is -2.31. The van der Waals surface area contributed by atoms with E-state index < -0.39 is 5.54 Å². The lowest BCUT2D eigenvalue weighted by molar-refractivity contribution is -0.137. The van der Waals surface area contributed by atoms with Gasteiger partial charge < -0.3 is 20.3 Å². The van der Waals surface area contributed by atoms with Gasteiger partial charge in [0.25, 0.3) is 0 Å². The molecule has 5 heteroatoms. The first-order valence-corrected chi connectivity index (χ1v) is 6.57. The zero-order valence-electron chi connectivity index (χ0n) is 12.5. The molecule has 5 nitrogen and oxygen atoms in total. The van der Waals surface area contributed by atoms with Gasteiger partial charge in [0.1, 0.15) is 0 Å². The Morgan fingerprint density at radius 2 is 1.89 bits per heavy atom. The normalized spacial score (nSPS) is 14.6. The fraction of sp³-hybridized carbons (Fsp3) is 0.923. The summed E-state index contributed by atoms with van der Waals surface area (Å²) in [6.07, 6.45) is 1.59. The molecule has 0 radical (unpaired) electrons. The van der Waals surface area contributed by atoms with Crippen molar-refractivity contribution in [1.82, 2.24) is 9.80 Å². The maximum atomic E-state index is 12.3. The maximum Gasteiger partial charge on any atom is 0.242 e. The van der Waals surface area contributed by atoms with Crippen molar-refractivity contribution < 1.29 is 9.53 Å². The molecular formula is C13H29N3O2. The fourth-order valence-corrected chi connectivity index (χ4v) is 1.61. The lowest BCUT2D eigenvalue weighted by atomic mass is 9.98. The maximum absolute atomic E-state index is 12.3. The minimum atomic E-state index is -0.772. The third kappa shape index (κ3) is 6.33. The van der Waals surface area contributed by atoms with Crippen LogP contribution in [-0.4, -0.2) is 68.7 Å².